The summed E-state index contributed by atoms with van der Waals surface area (Å²) in [4.78, 5) is 12.2. The van der Waals surface area contributed by atoms with Crippen LogP contribution in [0.25, 0.3) is 5.69 Å². The fraction of sp³-hybridized carbons (Fsp3) is 0.333. The first-order valence-electron chi connectivity index (χ1n) is 8.73. The Labute approximate surface area is 147 Å². The molecule has 0 saturated heterocycles. The van der Waals surface area contributed by atoms with Crippen LogP contribution in [0.3, 0.4) is 0 Å². The van der Waals surface area contributed by atoms with Crippen molar-refractivity contribution in [1.29, 1.82) is 0 Å². The highest BCUT2D eigenvalue weighted by molar-refractivity contribution is 5.78. The minimum absolute atomic E-state index is 0.0380. The Hall–Kier alpha value is -2.62. The largest absolute Gasteiger partial charge is 0.469 e. The molecule has 1 saturated carbocycles. The van der Waals surface area contributed by atoms with Gasteiger partial charge in [-0.05, 0) is 48.9 Å². The summed E-state index contributed by atoms with van der Waals surface area (Å²) in [5.74, 6) is 0.842. The Morgan fingerprint density at radius 2 is 2.00 bits per heavy atom. The number of benzene rings is 1. The third-order valence-corrected chi connectivity index (χ3v) is 5.32. The van der Waals surface area contributed by atoms with Crippen molar-refractivity contribution < 1.29 is 9.53 Å². The van der Waals surface area contributed by atoms with Gasteiger partial charge in [0.1, 0.15) is 0 Å². The molecule has 0 spiro atoms. The van der Waals surface area contributed by atoms with Crippen molar-refractivity contribution in [3.63, 3.8) is 0 Å². The molecule has 4 atom stereocenters. The Morgan fingerprint density at radius 1 is 1.20 bits per heavy atom. The molecule has 1 unspecified atom stereocenters. The number of hydrogen-bond donors (Lipinski definition) is 0. The number of ether oxygens (including phenoxy) is 1. The molecule has 4 heteroatoms. The number of carbonyl (C=O) groups is 1. The maximum atomic E-state index is 12.2. The first kappa shape index (κ1) is 15.9. The fourth-order valence-electron chi connectivity index (χ4n) is 4.03. The van der Waals surface area contributed by atoms with E-state index in [1.165, 1.54) is 12.7 Å². The lowest BCUT2D eigenvalue weighted by Gasteiger charge is -2.12. The first-order valence-corrected chi connectivity index (χ1v) is 8.73. The number of methoxy groups -OCH3 is 1. The van der Waals surface area contributed by atoms with Gasteiger partial charge in [0.2, 0.25) is 0 Å². The molecule has 128 valence electrons. The number of aryl methyl sites for hydroxylation is 1. The SMILES string of the molecule is COC(=O)[C@H]1[C@H](c2ccc(-n3ccc(C)n3)cc2)[C@H]1C1C=CC=CC1. The lowest BCUT2D eigenvalue weighted by molar-refractivity contribution is -0.142. The van der Waals surface area contributed by atoms with Crippen LogP contribution in [0.15, 0.2) is 60.8 Å². The van der Waals surface area contributed by atoms with Gasteiger partial charge in [0, 0.05) is 12.1 Å². The summed E-state index contributed by atoms with van der Waals surface area (Å²) in [6.45, 7) is 1.98. The second kappa shape index (κ2) is 6.36. The average molecular weight is 334 g/mol. The van der Waals surface area contributed by atoms with E-state index in [1.807, 2.05) is 23.9 Å². The number of hydrogen-bond acceptors (Lipinski definition) is 3. The highest BCUT2D eigenvalue weighted by atomic mass is 16.5. The van der Waals surface area contributed by atoms with Crippen molar-refractivity contribution in [3.8, 4) is 5.69 Å². The van der Waals surface area contributed by atoms with E-state index in [9.17, 15) is 4.79 Å². The van der Waals surface area contributed by atoms with Gasteiger partial charge in [0.25, 0.3) is 0 Å². The molecule has 1 heterocycles. The van der Waals surface area contributed by atoms with Gasteiger partial charge in [-0.2, -0.15) is 5.10 Å². The molecule has 1 aromatic carbocycles. The maximum Gasteiger partial charge on any atom is 0.309 e. The highest BCUT2D eigenvalue weighted by Gasteiger charge is 2.58. The smallest absolute Gasteiger partial charge is 0.309 e. The molecule has 0 radical (unpaired) electrons. The number of rotatable bonds is 4. The van der Waals surface area contributed by atoms with E-state index < -0.39 is 0 Å². The van der Waals surface area contributed by atoms with E-state index in [0.717, 1.165) is 17.8 Å². The van der Waals surface area contributed by atoms with E-state index in [0.29, 0.717) is 11.8 Å². The first-order chi connectivity index (χ1) is 12.2. The molecule has 2 aliphatic carbocycles. The van der Waals surface area contributed by atoms with E-state index in [2.05, 4.69) is 53.7 Å². The summed E-state index contributed by atoms with van der Waals surface area (Å²) >= 11 is 0. The topological polar surface area (TPSA) is 44.1 Å². The van der Waals surface area contributed by atoms with Gasteiger partial charge < -0.3 is 4.74 Å². The van der Waals surface area contributed by atoms with Crippen LogP contribution in [0.1, 0.15) is 23.6 Å². The zero-order valence-corrected chi connectivity index (χ0v) is 14.5. The fourth-order valence-corrected chi connectivity index (χ4v) is 4.03. The molecule has 0 aliphatic heterocycles. The van der Waals surface area contributed by atoms with E-state index in [4.69, 9.17) is 4.74 Å². The molecule has 4 rings (SSSR count). The van der Waals surface area contributed by atoms with Gasteiger partial charge in [-0.1, -0.05) is 36.4 Å². The lowest BCUT2D eigenvalue weighted by atomic mass is 9.92. The van der Waals surface area contributed by atoms with Crippen LogP contribution < -0.4 is 0 Å². The standard InChI is InChI=1S/C21H22N2O2/c1-14-12-13-23(22-14)17-10-8-16(9-11-17)19-18(20(19)21(24)25-2)15-6-4-3-5-7-15/h3-6,8-13,15,18-20H,7H2,1-2H3/t15?,18-,19-,20-/m1/s1. The van der Waals surface area contributed by atoms with E-state index in [-0.39, 0.29) is 17.8 Å². The van der Waals surface area contributed by atoms with E-state index >= 15 is 0 Å². The molecule has 25 heavy (non-hydrogen) atoms. The van der Waals surface area contributed by atoms with Crippen LogP contribution >= 0.6 is 0 Å². The summed E-state index contributed by atoms with van der Waals surface area (Å²) in [5, 5.41) is 4.44. The second-order valence-corrected chi connectivity index (χ2v) is 6.86. The van der Waals surface area contributed by atoms with E-state index in [1.54, 1.807) is 0 Å². The predicted molar refractivity (Wildman–Crippen MR) is 96.4 cm³/mol. The summed E-state index contributed by atoms with van der Waals surface area (Å²) in [6, 6.07) is 10.4. The Kier molecular flexibility index (Phi) is 4.04. The summed E-state index contributed by atoms with van der Waals surface area (Å²) in [5.41, 5.74) is 3.23. The molecule has 0 amide bonds. The monoisotopic (exact) mass is 334 g/mol. The number of aromatic nitrogens is 2. The van der Waals surface area contributed by atoms with Crippen molar-refractivity contribution in [3.05, 3.63) is 72.1 Å². The molecule has 4 nitrogen and oxygen atoms in total. The summed E-state index contributed by atoms with van der Waals surface area (Å²) in [7, 11) is 1.48. The summed E-state index contributed by atoms with van der Waals surface area (Å²) in [6.07, 6.45) is 11.5. The molecule has 1 aromatic heterocycles. The molecular weight excluding hydrogens is 312 g/mol. The molecular formula is C21H22N2O2. The molecule has 2 aliphatic rings. The van der Waals surface area contributed by atoms with Gasteiger partial charge in [-0.25, -0.2) is 4.68 Å². The van der Waals surface area contributed by atoms with Crippen LogP contribution in [-0.2, 0) is 9.53 Å². The highest BCUT2D eigenvalue weighted by Crippen LogP contribution is 2.59. The Morgan fingerprint density at radius 3 is 2.60 bits per heavy atom. The third-order valence-electron chi connectivity index (χ3n) is 5.32. The maximum absolute atomic E-state index is 12.2. The second-order valence-electron chi connectivity index (χ2n) is 6.86. The van der Waals surface area contributed by atoms with Gasteiger partial charge in [-0.3, -0.25) is 4.79 Å². The van der Waals surface area contributed by atoms with Crippen LogP contribution in [0.5, 0.6) is 0 Å². The van der Waals surface area contributed by atoms with Crippen LogP contribution in [0, 0.1) is 24.7 Å². The third kappa shape index (κ3) is 2.93. The lowest BCUT2D eigenvalue weighted by Crippen LogP contribution is -2.09. The quantitative estimate of drug-likeness (QED) is 0.799. The van der Waals surface area contributed by atoms with Crippen LogP contribution in [0.4, 0.5) is 0 Å². The minimum Gasteiger partial charge on any atom is -0.469 e. The molecule has 0 bridgehead atoms. The number of allylic oxidation sites excluding steroid dienone is 4. The van der Waals surface area contributed by atoms with Crippen molar-refractivity contribution in [2.24, 2.45) is 17.8 Å². The molecule has 1 fully saturated rings. The number of carbonyl (C=O) groups excluding carboxylic acids is 1. The molecule has 2 aromatic rings. The van der Waals surface area contributed by atoms with Crippen molar-refractivity contribution >= 4 is 5.97 Å². The average Bonchev–Trinajstić information content (AvgIpc) is 3.27. The van der Waals surface area contributed by atoms with Crippen LogP contribution in [0.2, 0.25) is 0 Å². The van der Waals surface area contributed by atoms with Crippen molar-refractivity contribution in [2.75, 3.05) is 7.11 Å². The number of esters is 1. The Balaban J connectivity index is 1.57. The summed E-state index contributed by atoms with van der Waals surface area (Å²) < 4.78 is 6.92. The van der Waals surface area contributed by atoms with Crippen molar-refractivity contribution in [1.82, 2.24) is 9.78 Å². The van der Waals surface area contributed by atoms with Crippen molar-refractivity contribution in [2.45, 2.75) is 19.3 Å². The van der Waals surface area contributed by atoms with Gasteiger partial charge in [-0.15, -0.1) is 0 Å². The van der Waals surface area contributed by atoms with Crippen LogP contribution in [-0.4, -0.2) is 22.9 Å². The van der Waals surface area contributed by atoms with Gasteiger partial charge in [0.15, 0.2) is 0 Å². The molecule has 0 N–H and O–H groups in total. The van der Waals surface area contributed by atoms with Gasteiger partial charge >= 0.3 is 5.97 Å². The zero-order chi connectivity index (χ0) is 17.4. The zero-order valence-electron chi connectivity index (χ0n) is 14.5. The van der Waals surface area contributed by atoms with Gasteiger partial charge in [0.05, 0.1) is 24.4 Å². The number of nitrogens with zero attached hydrogens (tertiary/aromatic N) is 2. The predicted octanol–water partition coefficient (Wildman–Crippen LogP) is 3.82. The Bertz CT molecular complexity index is 832. The normalized spacial score (nSPS) is 27.3. The minimum atomic E-state index is -0.0928.